The summed E-state index contributed by atoms with van der Waals surface area (Å²) in [5, 5.41) is 4.02. The molecule has 3 rings (SSSR count). The fourth-order valence-electron chi connectivity index (χ4n) is 2.41. The number of ether oxygens (including phenoxy) is 2. The number of hydrogen-bond donors (Lipinski definition) is 1. The summed E-state index contributed by atoms with van der Waals surface area (Å²) in [5.74, 6) is 0.260. The molecule has 0 aliphatic heterocycles. The molecule has 1 heterocycles. The molecular formula is C21H17ClFN3O3. The van der Waals surface area contributed by atoms with E-state index in [4.69, 9.17) is 21.1 Å². The molecule has 29 heavy (non-hydrogen) atoms. The topological polar surface area (TPSA) is 72.8 Å². The highest BCUT2D eigenvalue weighted by atomic mass is 35.5. The summed E-state index contributed by atoms with van der Waals surface area (Å²) in [6.45, 7) is 0.270. The van der Waals surface area contributed by atoms with Crippen LogP contribution in [-0.2, 0) is 6.61 Å². The lowest BCUT2D eigenvalue weighted by atomic mass is 10.2. The summed E-state index contributed by atoms with van der Waals surface area (Å²) in [6, 6.07) is 14.4. The quantitative estimate of drug-likeness (QED) is 0.357. The van der Waals surface area contributed by atoms with Gasteiger partial charge in [-0.3, -0.25) is 4.79 Å². The standard InChI is InChI=1S/C21H17ClFN3O3/c1-28-19-11-15(12-25-26-21(27)17-3-2-10-24-20(17)22)6-9-18(19)29-13-14-4-7-16(23)8-5-14/h2-12H,13H2,1H3,(H,26,27). The number of halogens is 2. The van der Waals surface area contributed by atoms with E-state index in [-0.39, 0.29) is 23.1 Å². The molecule has 0 radical (unpaired) electrons. The summed E-state index contributed by atoms with van der Waals surface area (Å²) >= 11 is 5.88. The van der Waals surface area contributed by atoms with E-state index in [1.54, 1.807) is 42.5 Å². The Labute approximate surface area is 171 Å². The minimum atomic E-state index is -0.467. The molecule has 0 fully saturated rings. The van der Waals surface area contributed by atoms with Gasteiger partial charge in [0, 0.05) is 6.20 Å². The molecule has 8 heteroatoms. The Hall–Kier alpha value is -3.45. The summed E-state index contributed by atoms with van der Waals surface area (Å²) in [6.07, 6.45) is 2.96. The molecule has 3 aromatic rings. The van der Waals surface area contributed by atoms with Crippen molar-refractivity contribution in [3.63, 3.8) is 0 Å². The van der Waals surface area contributed by atoms with E-state index in [0.29, 0.717) is 17.1 Å². The van der Waals surface area contributed by atoms with Crippen LogP contribution in [0.15, 0.2) is 65.9 Å². The second-order valence-corrected chi connectivity index (χ2v) is 6.22. The molecule has 0 unspecified atom stereocenters. The summed E-state index contributed by atoms with van der Waals surface area (Å²) in [5.41, 5.74) is 4.14. The first-order valence-electron chi connectivity index (χ1n) is 8.56. The first kappa shape index (κ1) is 20.3. The van der Waals surface area contributed by atoms with Gasteiger partial charge in [0.25, 0.3) is 5.91 Å². The van der Waals surface area contributed by atoms with Gasteiger partial charge in [-0.05, 0) is 53.6 Å². The third-order valence-corrected chi connectivity index (χ3v) is 4.18. The number of carbonyl (C=O) groups excluding carboxylic acids is 1. The number of methoxy groups -OCH3 is 1. The predicted octanol–water partition coefficient (Wildman–Crippen LogP) is 4.23. The summed E-state index contributed by atoms with van der Waals surface area (Å²) < 4.78 is 24.1. The number of nitrogens with zero attached hydrogens (tertiary/aromatic N) is 2. The lowest BCUT2D eigenvalue weighted by Gasteiger charge is -2.11. The van der Waals surface area contributed by atoms with Crippen LogP contribution >= 0.6 is 11.6 Å². The van der Waals surface area contributed by atoms with Gasteiger partial charge < -0.3 is 9.47 Å². The molecular weight excluding hydrogens is 397 g/mol. The minimum absolute atomic E-state index is 0.101. The van der Waals surface area contributed by atoms with Crippen molar-refractivity contribution in [1.82, 2.24) is 10.4 Å². The van der Waals surface area contributed by atoms with Gasteiger partial charge in [0.05, 0.1) is 18.9 Å². The molecule has 0 spiro atoms. The van der Waals surface area contributed by atoms with Gasteiger partial charge >= 0.3 is 0 Å². The van der Waals surface area contributed by atoms with Crippen molar-refractivity contribution in [2.45, 2.75) is 6.61 Å². The van der Waals surface area contributed by atoms with E-state index in [1.807, 2.05) is 0 Å². The lowest BCUT2D eigenvalue weighted by molar-refractivity contribution is 0.0955. The number of benzene rings is 2. The van der Waals surface area contributed by atoms with Gasteiger partial charge in [0.15, 0.2) is 11.5 Å². The predicted molar refractivity (Wildman–Crippen MR) is 108 cm³/mol. The summed E-state index contributed by atoms with van der Waals surface area (Å²) in [7, 11) is 1.52. The van der Waals surface area contributed by atoms with E-state index in [2.05, 4.69) is 15.5 Å². The first-order chi connectivity index (χ1) is 14.1. The molecule has 1 N–H and O–H groups in total. The number of hydrazone groups is 1. The Morgan fingerprint density at radius 2 is 2.00 bits per heavy atom. The highest BCUT2D eigenvalue weighted by Gasteiger charge is 2.09. The highest BCUT2D eigenvalue weighted by Crippen LogP contribution is 2.28. The second-order valence-electron chi connectivity index (χ2n) is 5.87. The van der Waals surface area contributed by atoms with Crippen molar-refractivity contribution < 1.29 is 18.7 Å². The fraction of sp³-hybridized carbons (Fsp3) is 0.0952. The summed E-state index contributed by atoms with van der Waals surface area (Å²) in [4.78, 5) is 15.9. The van der Waals surface area contributed by atoms with Crippen LogP contribution < -0.4 is 14.9 Å². The fourth-order valence-corrected chi connectivity index (χ4v) is 2.61. The molecule has 0 atom stereocenters. The zero-order chi connectivity index (χ0) is 20.6. The third kappa shape index (κ3) is 5.52. The smallest absolute Gasteiger partial charge is 0.274 e. The Morgan fingerprint density at radius 3 is 2.72 bits per heavy atom. The normalized spacial score (nSPS) is 10.7. The Kier molecular flexibility index (Phi) is 6.76. The van der Waals surface area contributed by atoms with Gasteiger partial charge in [-0.1, -0.05) is 23.7 Å². The molecule has 2 aromatic carbocycles. The maximum atomic E-state index is 13.0. The number of pyridine rings is 1. The van der Waals surface area contributed by atoms with Gasteiger partial charge in [-0.15, -0.1) is 0 Å². The minimum Gasteiger partial charge on any atom is -0.493 e. The zero-order valence-electron chi connectivity index (χ0n) is 15.4. The Bertz CT molecular complexity index is 1030. The monoisotopic (exact) mass is 413 g/mol. The SMILES string of the molecule is COc1cc(C=NNC(=O)c2cccnc2Cl)ccc1OCc1ccc(F)cc1. The number of amides is 1. The molecule has 1 aromatic heterocycles. The van der Waals surface area contributed by atoms with Crippen LogP contribution in [0.2, 0.25) is 5.15 Å². The van der Waals surface area contributed by atoms with E-state index in [9.17, 15) is 9.18 Å². The van der Waals surface area contributed by atoms with Gasteiger partial charge in [0.1, 0.15) is 17.6 Å². The van der Waals surface area contributed by atoms with Crippen molar-refractivity contribution in [2.24, 2.45) is 5.10 Å². The van der Waals surface area contributed by atoms with E-state index < -0.39 is 5.91 Å². The molecule has 0 saturated heterocycles. The van der Waals surface area contributed by atoms with Crippen LogP contribution in [0.4, 0.5) is 4.39 Å². The third-order valence-electron chi connectivity index (χ3n) is 3.88. The van der Waals surface area contributed by atoms with Crippen molar-refractivity contribution in [1.29, 1.82) is 0 Å². The van der Waals surface area contributed by atoms with Crippen molar-refractivity contribution in [3.05, 3.63) is 88.5 Å². The molecule has 1 amide bonds. The van der Waals surface area contributed by atoms with E-state index in [1.165, 1.54) is 31.7 Å². The van der Waals surface area contributed by atoms with Gasteiger partial charge in [0.2, 0.25) is 0 Å². The highest BCUT2D eigenvalue weighted by molar-refractivity contribution is 6.32. The van der Waals surface area contributed by atoms with Crippen molar-refractivity contribution >= 4 is 23.7 Å². The van der Waals surface area contributed by atoms with E-state index >= 15 is 0 Å². The molecule has 0 aliphatic carbocycles. The number of nitrogens with one attached hydrogen (secondary N) is 1. The van der Waals surface area contributed by atoms with Gasteiger partial charge in [-0.25, -0.2) is 14.8 Å². The van der Waals surface area contributed by atoms with Crippen molar-refractivity contribution in [2.75, 3.05) is 7.11 Å². The molecule has 0 bridgehead atoms. The Morgan fingerprint density at radius 1 is 1.21 bits per heavy atom. The lowest BCUT2D eigenvalue weighted by Crippen LogP contribution is -2.18. The number of aromatic nitrogens is 1. The maximum absolute atomic E-state index is 13.0. The molecule has 148 valence electrons. The number of rotatable bonds is 7. The second kappa shape index (κ2) is 9.66. The first-order valence-corrected chi connectivity index (χ1v) is 8.94. The molecule has 6 nitrogen and oxygen atoms in total. The number of hydrogen-bond acceptors (Lipinski definition) is 5. The van der Waals surface area contributed by atoms with Gasteiger partial charge in [-0.2, -0.15) is 5.10 Å². The molecule has 0 aliphatic rings. The maximum Gasteiger partial charge on any atom is 0.274 e. The molecule has 0 saturated carbocycles. The number of carbonyl (C=O) groups is 1. The van der Waals surface area contributed by atoms with Crippen LogP contribution in [0.1, 0.15) is 21.5 Å². The van der Waals surface area contributed by atoms with E-state index in [0.717, 1.165) is 5.56 Å². The van der Waals surface area contributed by atoms with Crippen molar-refractivity contribution in [3.8, 4) is 11.5 Å². The average molecular weight is 414 g/mol. The average Bonchev–Trinajstić information content (AvgIpc) is 2.74. The van der Waals surface area contributed by atoms with Crippen LogP contribution in [0.3, 0.4) is 0 Å². The van der Waals surface area contributed by atoms with Crippen LogP contribution in [0.25, 0.3) is 0 Å². The largest absolute Gasteiger partial charge is 0.493 e. The van der Waals surface area contributed by atoms with Crippen LogP contribution in [0, 0.1) is 5.82 Å². The zero-order valence-corrected chi connectivity index (χ0v) is 16.2. The van der Waals surface area contributed by atoms with Crippen LogP contribution in [-0.4, -0.2) is 24.2 Å². The van der Waals surface area contributed by atoms with Crippen LogP contribution in [0.5, 0.6) is 11.5 Å². The Balaban J connectivity index is 1.63.